The summed E-state index contributed by atoms with van der Waals surface area (Å²) in [5.74, 6) is -1.50. The monoisotopic (exact) mass is 517 g/mol. The average molecular weight is 518 g/mol. The number of amides is 1. The van der Waals surface area contributed by atoms with E-state index in [2.05, 4.69) is 9.71 Å². The second kappa shape index (κ2) is 9.47. The number of thiazole rings is 1. The molecule has 0 aliphatic heterocycles. The summed E-state index contributed by atoms with van der Waals surface area (Å²) in [6, 6.07) is 9.08. The predicted molar refractivity (Wildman–Crippen MR) is 130 cm³/mol. The highest BCUT2D eigenvalue weighted by molar-refractivity contribution is 7.94. The molecule has 1 atom stereocenters. The topological polar surface area (TPSA) is 142 Å². The van der Waals surface area contributed by atoms with Crippen molar-refractivity contribution in [1.82, 2.24) is 4.98 Å². The molecule has 0 aliphatic rings. The molecule has 0 saturated carbocycles. The summed E-state index contributed by atoms with van der Waals surface area (Å²) < 4.78 is 52.9. The molecule has 0 saturated heterocycles. The summed E-state index contributed by atoms with van der Waals surface area (Å²) >= 11 is 1.31. The number of primary amides is 1. The quantitative estimate of drug-likeness (QED) is 0.340. The van der Waals surface area contributed by atoms with Crippen molar-refractivity contribution >= 4 is 43.9 Å². The van der Waals surface area contributed by atoms with Gasteiger partial charge in [-0.15, -0.1) is 0 Å². The first-order valence-corrected chi connectivity index (χ1v) is 12.7. The molecule has 4 rings (SSSR count). The lowest BCUT2D eigenvalue weighted by atomic mass is 9.99. The lowest BCUT2D eigenvalue weighted by molar-refractivity contribution is -0.117. The van der Waals surface area contributed by atoms with Crippen LogP contribution in [-0.2, 0) is 21.2 Å². The third-order valence-electron chi connectivity index (χ3n) is 5.44. The largest absolute Gasteiger partial charge is 0.431 e. The molecule has 1 amide bonds. The maximum Gasteiger partial charge on any atom is 0.340 e. The van der Waals surface area contributed by atoms with Crippen LogP contribution in [0, 0.1) is 12.7 Å². The Hall–Kier alpha value is -3.77. The van der Waals surface area contributed by atoms with Gasteiger partial charge in [0.25, 0.3) is 5.19 Å². The SMILES string of the molecule is Cc1c(Cc2cccc(NS(=O)(=O)C(C)C(N)=O)c2F)c(=O)oc2cc(Oc3nccs3)ccc12. The van der Waals surface area contributed by atoms with Crippen molar-refractivity contribution in [3.05, 3.63) is 80.9 Å². The number of ether oxygens (including phenoxy) is 1. The van der Waals surface area contributed by atoms with E-state index in [4.69, 9.17) is 14.9 Å². The van der Waals surface area contributed by atoms with E-state index >= 15 is 4.39 Å². The molecule has 0 spiro atoms. The normalized spacial score (nSPS) is 12.4. The summed E-state index contributed by atoms with van der Waals surface area (Å²) in [6.45, 7) is 2.82. The van der Waals surface area contributed by atoms with Crippen molar-refractivity contribution in [3.8, 4) is 10.9 Å². The molecule has 2 aromatic carbocycles. The molecule has 0 bridgehead atoms. The number of nitrogens with two attached hydrogens (primary N) is 1. The van der Waals surface area contributed by atoms with E-state index in [1.54, 1.807) is 36.7 Å². The molecule has 3 N–H and O–H groups in total. The van der Waals surface area contributed by atoms with Crippen LogP contribution in [0.2, 0.25) is 0 Å². The van der Waals surface area contributed by atoms with Crippen LogP contribution in [0.25, 0.3) is 11.0 Å². The number of aromatic nitrogens is 1. The first-order valence-electron chi connectivity index (χ1n) is 10.3. The number of benzene rings is 2. The summed E-state index contributed by atoms with van der Waals surface area (Å²) in [5.41, 5.74) is 5.21. The standard InChI is InChI=1S/C23H20FN3O6S2/c1-12-16-7-6-15(32-23-26-8-9-34-23)11-19(16)33-22(29)17(12)10-14-4-3-5-18(20(14)24)27-35(30,31)13(2)21(25)28/h3-9,11,13,27H,10H2,1-2H3,(H2,25,28). The number of halogens is 1. The summed E-state index contributed by atoms with van der Waals surface area (Å²) in [6.07, 6.45) is 1.46. The Kier molecular flexibility index (Phi) is 6.59. The Bertz CT molecular complexity index is 1580. The number of anilines is 1. The lowest BCUT2D eigenvalue weighted by Gasteiger charge is -2.14. The van der Waals surface area contributed by atoms with Gasteiger partial charge in [-0.2, -0.15) is 0 Å². The van der Waals surface area contributed by atoms with Gasteiger partial charge >= 0.3 is 5.63 Å². The zero-order chi connectivity index (χ0) is 25.3. The molecule has 12 heteroatoms. The first kappa shape index (κ1) is 24.4. The van der Waals surface area contributed by atoms with Gasteiger partial charge in [-0.3, -0.25) is 9.52 Å². The Balaban J connectivity index is 1.66. The van der Waals surface area contributed by atoms with E-state index in [0.29, 0.717) is 27.5 Å². The number of carbonyl (C=O) groups is 1. The number of aryl methyl sites for hydroxylation is 1. The second-order valence-corrected chi connectivity index (χ2v) is 10.6. The molecule has 1 unspecified atom stereocenters. The molecule has 2 aromatic heterocycles. The molecular formula is C23H20FN3O6S2. The highest BCUT2D eigenvalue weighted by Crippen LogP contribution is 2.30. The zero-order valence-corrected chi connectivity index (χ0v) is 20.2. The van der Waals surface area contributed by atoms with E-state index in [0.717, 1.165) is 6.92 Å². The first-order chi connectivity index (χ1) is 16.6. The van der Waals surface area contributed by atoms with Gasteiger partial charge in [0.2, 0.25) is 15.9 Å². The van der Waals surface area contributed by atoms with Crippen molar-refractivity contribution < 1.29 is 26.8 Å². The van der Waals surface area contributed by atoms with Gasteiger partial charge in [-0.25, -0.2) is 22.6 Å². The fourth-order valence-electron chi connectivity index (χ4n) is 3.38. The van der Waals surface area contributed by atoms with Crippen LogP contribution in [-0.4, -0.2) is 24.6 Å². The minimum absolute atomic E-state index is 0.0652. The highest BCUT2D eigenvalue weighted by Gasteiger charge is 2.27. The van der Waals surface area contributed by atoms with Gasteiger partial charge in [0.1, 0.15) is 11.3 Å². The Morgan fingerprint density at radius 2 is 2.09 bits per heavy atom. The van der Waals surface area contributed by atoms with Gasteiger partial charge in [-0.1, -0.05) is 23.5 Å². The molecule has 4 aromatic rings. The number of hydrogen-bond donors (Lipinski definition) is 2. The molecule has 182 valence electrons. The molecular weight excluding hydrogens is 497 g/mol. The van der Waals surface area contributed by atoms with Crippen molar-refractivity contribution in [3.63, 3.8) is 0 Å². The summed E-state index contributed by atoms with van der Waals surface area (Å²) in [5, 5.41) is 1.28. The Morgan fingerprint density at radius 1 is 1.31 bits per heavy atom. The fraction of sp³-hybridized carbons (Fsp3) is 0.174. The minimum Gasteiger partial charge on any atom is -0.431 e. The minimum atomic E-state index is -4.25. The maximum atomic E-state index is 15.2. The number of sulfonamides is 1. The number of hydrogen-bond acceptors (Lipinski definition) is 8. The third kappa shape index (κ3) is 5.03. The molecule has 0 radical (unpaired) electrons. The molecule has 35 heavy (non-hydrogen) atoms. The van der Waals surface area contributed by atoms with Gasteiger partial charge in [0.05, 0.1) is 5.69 Å². The number of rotatable bonds is 8. The zero-order valence-electron chi connectivity index (χ0n) is 18.6. The highest BCUT2D eigenvalue weighted by atomic mass is 32.2. The molecule has 0 fully saturated rings. The third-order valence-corrected chi connectivity index (χ3v) is 7.75. The van der Waals surface area contributed by atoms with Gasteiger partial charge < -0.3 is 14.9 Å². The lowest BCUT2D eigenvalue weighted by Crippen LogP contribution is -2.37. The molecule has 0 aliphatic carbocycles. The van der Waals surface area contributed by atoms with E-state index in [1.807, 2.05) is 0 Å². The van der Waals surface area contributed by atoms with E-state index in [1.165, 1.54) is 29.5 Å². The molecule has 9 nitrogen and oxygen atoms in total. The van der Waals surface area contributed by atoms with Crippen LogP contribution in [0.4, 0.5) is 10.1 Å². The van der Waals surface area contributed by atoms with Gasteiger partial charge in [-0.05, 0) is 43.2 Å². The maximum absolute atomic E-state index is 15.2. The van der Waals surface area contributed by atoms with Crippen LogP contribution >= 0.6 is 11.3 Å². The van der Waals surface area contributed by atoms with Crippen molar-refractivity contribution in [2.75, 3.05) is 4.72 Å². The average Bonchev–Trinajstić information content (AvgIpc) is 3.31. The van der Waals surface area contributed by atoms with Crippen molar-refractivity contribution in [2.24, 2.45) is 5.73 Å². The van der Waals surface area contributed by atoms with Crippen LogP contribution in [0.3, 0.4) is 0 Å². The Morgan fingerprint density at radius 3 is 2.77 bits per heavy atom. The number of nitrogens with one attached hydrogen (secondary N) is 1. The van der Waals surface area contributed by atoms with Crippen LogP contribution in [0.5, 0.6) is 10.9 Å². The van der Waals surface area contributed by atoms with Gasteiger partial charge in [0.15, 0.2) is 11.1 Å². The van der Waals surface area contributed by atoms with Crippen molar-refractivity contribution in [1.29, 1.82) is 0 Å². The molecule has 2 heterocycles. The fourth-order valence-corrected chi connectivity index (χ4v) is 4.83. The number of fused-ring (bicyclic) bond motifs is 1. The van der Waals surface area contributed by atoms with E-state index in [-0.39, 0.29) is 23.2 Å². The predicted octanol–water partition coefficient (Wildman–Crippen LogP) is 3.70. The van der Waals surface area contributed by atoms with Crippen molar-refractivity contribution in [2.45, 2.75) is 25.5 Å². The van der Waals surface area contributed by atoms with Crippen LogP contribution in [0.15, 0.2) is 57.2 Å². The van der Waals surface area contributed by atoms with Crippen LogP contribution in [0.1, 0.15) is 23.6 Å². The van der Waals surface area contributed by atoms with Gasteiger partial charge in [0, 0.05) is 35.0 Å². The number of carbonyl (C=O) groups excluding carboxylic acids is 1. The van der Waals surface area contributed by atoms with E-state index in [9.17, 15) is 18.0 Å². The second-order valence-electron chi connectivity index (χ2n) is 7.70. The number of nitrogens with zero attached hydrogens (tertiary/aromatic N) is 1. The van der Waals surface area contributed by atoms with E-state index < -0.39 is 32.6 Å². The smallest absolute Gasteiger partial charge is 0.340 e. The summed E-state index contributed by atoms with van der Waals surface area (Å²) in [7, 11) is -4.25. The Labute approximate surface area is 203 Å². The summed E-state index contributed by atoms with van der Waals surface area (Å²) in [4.78, 5) is 28.1. The van der Waals surface area contributed by atoms with Crippen LogP contribution < -0.4 is 20.8 Å².